The number of carbonyl (C=O) groups excluding carboxylic acids is 2. The second-order valence-electron chi connectivity index (χ2n) is 4.41. The van der Waals surface area contributed by atoms with Gasteiger partial charge in [-0.3, -0.25) is 4.79 Å². The van der Waals surface area contributed by atoms with E-state index in [0.717, 1.165) is 0 Å². The van der Waals surface area contributed by atoms with Crippen molar-refractivity contribution in [3.05, 3.63) is 41.8 Å². The number of aromatic nitrogens is 1. The fourth-order valence-corrected chi connectivity index (χ4v) is 1.67. The Morgan fingerprint density at radius 1 is 1.32 bits per heavy atom. The van der Waals surface area contributed by atoms with Crippen molar-refractivity contribution < 1.29 is 23.6 Å². The van der Waals surface area contributed by atoms with Crippen molar-refractivity contribution >= 4 is 17.6 Å². The molecule has 0 bridgehead atoms. The highest BCUT2D eigenvalue weighted by molar-refractivity contribution is 6.02. The Morgan fingerprint density at radius 2 is 2.14 bits per heavy atom. The van der Waals surface area contributed by atoms with Gasteiger partial charge in [-0.1, -0.05) is 11.2 Å². The molecular formula is C15H16N2O5. The minimum atomic E-state index is -0.450. The Hall–Kier alpha value is -2.83. The van der Waals surface area contributed by atoms with E-state index in [9.17, 15) is 9.59 Å². The van der Waals surface area contributed by atoms with Crippen molar-refractivity contribution in [2.24, 2.45) is 0 Å². The van der Waals surface area contributed by atoms with Crippen molar-refractivity contribution in [3.63, 3.8) is 0 Å². The predicted octanol–water partition coefficient (Wildman–Crippen LogP) is 2.18. The van der Waals surface area contributed by atoms with Crippen LogP contribution < -0.4 is 10.1 Å². The molecule has 1 aromatic heterocycles. The van der Waals surface area contributed by atoms with E-state index in [1.54, 1.807) is 38.1 Å². The van der Waals surface area contributed by atoms with Gasteiger partial charge in [0.1, 0.15) is 5.75 Å². The molecular weight excluding hydrogens is 288 g/mol. The van der Waals surface area contributed by atoms with E-state index in [2.05, 4.69) is 10.5 Å². The van der Waals surface area contributed by atoms with E-state index in [4.69, 9.17) is 14.0 Å². The van der Waals surface area contributed by atoms with Gasteiger partial charge < -0.3 is 19.3 Å². The molecule has 0 saturated carbocycles. The molecule has 1 amide bonds. The molecule has 7 heteroatoms. The lowest BCUT2D eigenvalue weighted by atomic mass is 10.3. The summed E-state index contributed by atoms with van der Waals surface area (Å²) in [5.74, 6) is -0.299. The summed E-state index contributed by atoms with van der Waals surface area (Å²) in [5.41, 5.74) is 1.14. The van der Waals surface area contributed by atoms with Crippen LogP contribution in [0.15, 0.2) is 34.9 Å². The Kier molecular flexibility index (Phi) is 5.13. The van der Waals surface area contributed by atoms with Crippen molar-refractivity contribution in [1.82, 2.24) is 5.16 Å². The van der Waals surface area contributed by atoms with Gasteiger partial charge in [0, 0.05) is 17.8 Å². The molecule has 0 radical (unpaired) electrons. The number of nitrogens with one attached hydrogen (secondary N) is 1. The minimum absolute atomic E-state index is 0.121. The first-order chi connectivity index (χ1) is 10.6. The summed E-state index contributed by atoms with van der Waals surface area (Å²) < 4.78 is 14.9. The number of esters is 1. The second-order valence-corrected chi connectivity index (χ2v) is 4.41. The quantitative estimate of drug-likeness (QED) is 0.823. The lowest BCUT2D eigenvalue weighted by molar-refractivity contribution is -0.145. The maximum Gasteiger partial charge on any atom is 0.344 e. The van der Waals surface area contributed by atoms with E-state index in [1.807, 2.05) is 0 Å². The van der Waals surface area contributed by atoms with Gasteiger partial charge in [-0.2, -0.15) is 0 Å². The Bertz CT molecular complexity index is 665. The first-order valence-corrected chi connectivity index (χ1v) is 6.71. The van der Waals surface area contributed by atoms with Crippen molar-refractivity contribution in [2.45, 2.75) is 13.8 Å². The molecule has 0 atom stereocenters. The first kappa shape index (κ1) is 15.6. The Morgan fingerprint density at radius 3 is 2.82 bits per heavy atom. The zero-order valence-corrected chi connectivity index (χ0v) is 12.3. The maximum absolute atomic E-state index is 11.9. The number of anilines is 1. The van der Waals surface area contributed by atoms with Gasteiger partial charge in [-0.05, 0) is 26.0 Å². The van der Waals surface area contributed by atoms with Crippen molar-refractivity contribution in [3.8, 4) is 5.75 Å². The number of hydrogen-bond acceptors (Lipinski definition) is 6. The smallest absolute Gasteiger partial charge is 0.344 e. The van der Waals surface area contributed by atoms with E-state index in [-0.39, 0.29) is 12.4 Å². The summed E-state index contributed by atoms with van der Waals surface area (Å²) in [5, 5.41) is 6.31. The molecule has 7 nitrogen and oxygen atoms in total. The van der Waals surface area contributed by atoms with Crippen LogP contribution in [-0.4, -0.2) is 30.2 Å². The van der Waals surface area contributed by atoms with E-state index in [1.165, 1.54) is 6.07 Å². The third-order valence-electron chi connectivity index (χ3n) is 2.61. The third-order valence-corrected chi connectivity index (χ3v) is 2.61. The molecule has 0 saturated heterocycles. The van der Waals surface area contributed by atoms with Gasteiger partial charge in [0.25, 0.3) is 5.91 Å². The SMILES string of the molecule is CCOC(=O)COc1cccc(NC(=O)c2cc(C)no2)c1. The van der Waals surface area contributed by atoms with Gasteiger partial charge in [0.2, 0.25) is 5.76 Å². The van der Waals surface area contributed by atoms with Crippen molar-refractivity contribution in [2.75, 3.05) is 18.5 Å². The summed E-state index contributed by atoms with van der Waals surface area (Å²) in [7, 11) is 0. The van der Waals surface area contributed by atoms with Gasteiger partial charge >= 0.3 is 5.97 Å². The fourth-order valence-electron chi connectivity index (χ4n) is 1.67. The molecule has 0 aliphatic rings. The molecule has 0 aliphatic carbocycles. The van der Waals surface area contributed by atoms with Crippen LogP contribution in [0, 0.1) is 6.92 Å². The molecule has 0 fully saturated rings. The van der Waals surface area contributed by atoms with Crippen molar-refractivity contribution in [1.29, 1.82) is 0 Å². The van der Waals surface area contributed by atoms with Crippen LogP contribution in [0.25, 0.3) is 0 Å². The molecule has 2 rings (SSSR count). The number of ether oxygens (including phenoxy) is 2. The van der Waals surface area contributed by atoms with E-state index in [0.29, 0.717) is 23.7 Å². The highest BCUT2D eigenvalue weighted by Gasteiger charge is 2.12. The van der Waals surface area contributed by atoms with E-state index < -0.39 is 11.9 Å². The predicted molar refractivity (Wildman–Crippen MR) is 77.8 cm³/mol. The fraction of sp³-hybridized carbons (Fsp3) is 0.267. The minimum Gasteiger partial charge on any atom is -0.482 e. The normalized spacial score (nSPS) is 10.1. The highest BCUT2D eigenvalue weighted by atomic mass is 16.6. The standard InChI is InChI=1S/C15H16N2O5/c1-3-20-14(18)9-21-12-6-4-5-11(8-12)16-15(19)13-7-10(2)17-22-13/h4-8H,3,9H2,1-2H3,(H,16,19). The van der Waals surface area contributed by atoms with Gasteiger partial charge in [-0.15, -0.1) is 0 Å². The lowest BCUT2D eigenvalue weighted by Gasteiger charge is -2.08. The molecule has 1 heterocycles. The number of rotatable bonds is 6. The molecule has 0 spiro atoms. The van der Waals surface area contributed by atoms with Crippen LogP contribution in [0.1, 0.15) is 23.2 Å². The van der Waals surface area contributed by atoms with Crippen LogP contribution in [0.3, 0.4) is 0 Å². The molecule has 1 N–H and O–H groups in total. The van der Waals surface area contributed by atoms with E-state index >= 15 is 0 Å². The third kappa shape index (κ3) is 4.34. The molecule has 116 valence electrons. The summed E-state index contributed by atoms with van der Waals surface area (Å²) in [6, 6.07) is 8.20. The maximum atomic E-state index is 11.9. The number of benzene rings is 1. The lowest BCUT2D eigenvalue weighted by Crippen LogP contribution is -2.15. The summed E-state index contributed by atoms with van der Waals surface area (Å²) in [6.07, 6.45) is 0. The largest absolute Gasteiger partial charge is 0.482 e. The van der Waals surface area contributed by atoms with Crippen LogP contribution in [-0.2, 0) is 9.53 Å². The summed E-state index contributed by atoms with van der Waals surface area (Å²) in [4.78, 5) is 23.2. The second kappa shape index (κ2) is 7.26. The van der Waals surface area contributed by atoms with Crippen LogP contribution in [0.2, 0.25) is 0 Å². The molecule has 0 aliphatic heterocycles. The number of aryl methyl sites for hydroxylation is 1. The zero-order chi connectivity index (χ0) is 15.9. The number of amides is 1. The highest BCUT2D eigenvalue weighted by Crippen LogP contribution is 2.18. The monoisotopic (exact) mass is 304 g/mol. The molecule has 2 aromatic rings. The number of nitrogens with zero attached hydrogens (tertiary/aromatic N) is 1. The van der Waals surface area contributed by atoms with Gasteiger partial charge in [0.05, 0.1) is 12.3 Å². The average molecular weight is 304 g/mol. The molecule has 1 aromatic carbocycles. The number of carbonyl (C=O) groups is 2. The summed E-state index contributed by atoms with van der Waals surface area (Å²) in [6.45, 7) is 3.56. The van der Waals surface area contributed by atoms with Crippen LogP contribution in [0.4, 0.5) is 5.69 Å². The van der Waals surface area contributed by atoms with Crippen LogP contribution >= 0.6 is 0 Å². The zero-order valence-electron chi connectivity index (χ0n) is 12.3. The van der Waals surface area contributed by atoms with Gasteiger partial charge in [0.15, 0.2) is 6.61 Å². The Labute approximate surface area is 127 Å². The Balaban J connectivity index is 1.96. The molecule has 22 heavy (non-hydrogen) atoms. The number of hydrogen-bond donors (Lipinski definition) is 1. The topological polar surface area (TPSA) is 90.7 Å². The van der Waals surface area contributed by atoms with Crippen LogP contribution in [0.5, 0.6) is 5.75 Å². The average Bonchev–Trinajstić information content (AvgIpc) is 2.93. The first-order valence-electron chi connectivity index (χ1n) is 6.71. The summed E-state index contributed by atoms with van der Waals surface area (Å²) >= 11 is 0. The molecule has 0 unspecified atom stereocenters. The van der Waals surface area contributed by atoms with Gasteiger partial charge in [-0.25, -0.2) is 4.79 Å².